The van der Waals surface area contributed by atoms with Gasteiger partial charge in [0, 0.05) is 57.6 Å². The fourth-order valence-electron chi connectivity index (χ4n) is 4.18. The third-order valence-electron chi connectivity index (χ3n) is 6.02. The summed E-state index contributed by atoms with van der Waals surface area (Å²) in [7, 11) is 3.24. The van der Waals surface area contributed by atoms with Crippen LogP contribution in [-0.2, 0) is 19.1 Å². The summed E-state index contributed by atoms with van der Waals surface area (Å²) in [6.45, 7) is 5.70. The van der Waals surface area contributed by atoms with Crippen molar-refractivity contribution in [3.05, 3.63) is 48.0 Å². The van der Waals surface area contributed by atoms with Gasteiger partial charge in [0.05, 0.1) is 38.0 Å². The minimum atomic E-state index is -0.418. The third-order valence-corrected chi connectivity index (χ3v) is 6.02. The van der Waals surface area contributed by atoms with Crippen LogP contribution in [0.3, 0.4) is 0 Å². The van der Waals surface area contributed by atoms with Gasteiger partial charge in [0.2, 0.25) is 5.91 Å². The fourth-order valence-corrected chi connectivity index (χ4v) is 4.18. The second kappa shape index (κ2) is 14.1. The average Bonchev–Trinajstić information content (AvgIpc) is 2.92. The predicted octanol–water partition coefficient (Wildman–Crippen LogP) is 2.68. The molecule has 1 aliphatic heterocycles. The number of hydrogen-bond donors (Lipinski definition) is 2. The standard InChI is InChI=1S/C27H36N4O6/c1-4-37-26(33)12-11-25(32)29-20-9-10-22(21(19-20)27(34)28-13-18-35-2)30-14-16-31(17-15-30)23-7-5-6-8-24(23)36-3/h5-10,19H,4,11-18H2,1-3H3,(H,28,34)(H,29,32). The van der Waals surface area contributed by atoms with Gasteiger partial charge in [0.15, 0.2) is 0 Å². The molecule has 0 aliphatic carbocycles. The lowest BCUT2D eigenvalue weighted by Crippen LogP contribution is -2.47. The van der Waals surface area contributed by atoms with Crippen LogP contribution in [0.4, 0.5) is 17.1 Å². The van der Waals surface area contributed by atoms with Crippen LogP contribution in [0.2, 0.25) is 0 Å². The topological polar surface area (TPSA) is 109 Å². The number of carbonyl (C=O) groups is 3. The number of hydrogen-bond acceptors (Lipinski definition) is 8. The number of nitrogens with zero attached hydrogens (tertiary/aromatic N) is 2. The lowest BCUT2D eigenvalue weighted by Gasteiger charge is -2.38. The Morgan fingerprint density at radius 2 is 1.62 bits per heavy atom. The predicted molar refractivity (Wildman–Crippen MR) is 143 cm³/mol. The molecule has 1 heterocycles. The Morgan fingerprint density at radius 3 is 2.30 bits per heavy atom. The molecule has 0 spiro atoms. The maximum atomic E-state index is 13.1. The molecular formula is C27H36N4O6. The van der Waals surface area contributed by atoms with E-state index in [1.54, 1.807) is 33.3 Å². The molecule has 3 rings (SSSR count). The first-order valence-electron chi connectivity index (χ1n) is 12.5. The van der Waals surface area contributed by atoms with Crippen LogP contribution in [0.1, 0.15) is 30.1 Å². The fraction of sp³-hybridized carbons (Fsp3) is 0.444. The van der Waals surface area contributed by atoms with Gasteiger partial charge in [-0.25, -0.2) is 0 Å². The van der Waals surface area contributed by atoms with Gasteiger partial charge < -0.3 is 34.6 Å². The molecule has 2 aromatic carbocycles. The van der Waals surface area contributed by atoms with Crippen molar-refractivity contribution in [2.45, 2.75) is 19.8 Å². The van der Waals surface area contributed by atoms with E-state index in [1.807, 2.05) is 30.3 Å². The van der Waals surface area contributed by atoms with Gasteiger partial charge >= 0.3 is 5.97 Å². The van der Waals surface area contributed by atoms with Crippen molar-refractivity contribution in [2.75, 3.05) is 75.3 Å². The molecule has 1 fully saturated rings. The van der Waals surface area contributed by atoms with Crippen molar-refractivity contribution in [2.24, 2.45) is 0 Å². The SMILES string of the molecule is CCOC(=O)CCC(=O)Nc1ccc(N2CCN(c3ccccc3OC)CC2)c(C(=O)NCCOC)c1. The summed E-state index contributed by atoms with van der Waals surface area (Å²) in [5, 5.41) is 5.65. The van der Waals surface area contributed by atoms with Gasteiger partial charge in [-0.15, -0.1) is 0 Å². The zero-order chi connectivity index (χ0) is 26.6. The number of nitrogens with one attached hydrogen (secondary N) is 2. The molecule has 10 heteroatoms. The first kappa shape index (κ1) is 27.8. The highest BCUT2D eigenvalue weighted by molar-refractivity contribution is 6.02. The van der Waals surface area contributed by atoms with E-state index in [4.69, 9.17) is 14.2 Å². The minimum Gasteiger partial charge on any atom is -0.495 e. The van der Waals surface area contributed by atoms with E-state index in [0.717, 1.165) is 30.2 Å². The molecule has 1 saturated heterocycles. The van der Waals surface area contributed by atoms with Crippen LogP contribution < -0.4 is 25.2 Å². The number of amides is 2. The first-order valence-corrected chi connectivity index (χ1v) is 12.5. The Hall–Kier alpha value is -3.79. The van der Waals surface area contributed by atoms with E-state index >= 15 is 0 Å². The highest BCUT2D eigenvalue weighted by atomic mass is 16.5. The quantitative estimate of drug-likeness (QED) is 0.330. The number of esters is 1. The normalized spacial score (nSPS) is 13.2. The zero-order valence-electron chi connectivity index (χ0n) is 21.7. The summed E-state index contributed by atoms with van der Waals surface area (Å²) in [5.41, 5.74) is 2.79. The van der Waals surface area contributed by atoms with Gasteiger partial charge in [0.25, 0.3) is 5.91 Å². The lowest BCUT2D eigenvalue weighted by molar-refractivity contribution is -0.144. The molecule has 0 unspecified atom stereocenters. The summed E-state index contributed by atoms with van der Waals surface area (Å²) in [5.74, 6) is -0.158. The Morgan fingerprint density at radius 1 is 0.919 bits per heavy atom. The van der Waals surface area contributed by atoms with E-state index in [2.05, 4.69) is 20.4 Å². The average molecular weight is 513 g/mol. The van der Waals surface area contributed by atoms with Crippen molar-refractivity contribution in [1.29, 1.82) is 0 Å². The Balaban J connectivity index is 1.73. The summed E-state index contributed by atoms with van der Waals surface area (Å²) < 4.78 is 15.4. The second-order valence-corrected chi connectivity index (χ2v) is 8.48. The van der Waals surface area contributed by atoms with E-state index < -0.39 is 5.97 Å². The smallest absolute Gasteiger partial charge is 0.306 e. The van der Waals surface area contributed by atoms with Crippen LogP contribution >= 0.6 is 0 Å². The van der Waals surface area contributed by atoms with Crippen molar-refractivity contribution < 1.29 is 28.6 Å². The Kier molecular flexibility index (Phi) is 10.6. The van der Waals surface area contributed by atoms with Crippen LogP contribution in [0, 0.1) is 0 Å². The maximum Gasteiger partial charge on any atom is 0.306 e. The summed E-state index contributed by atoms with van der Waals surface area (Å²) in [6, 6.07) is 13.2. The molecule has 0 bridgehead atoms. The summed E-state index contributed by atoms with van der Waals surface area (Å²) >= 11 is 0. The molecule has 1 aliphatic rings. The maximum absolute atomic E-state index is 13.1. The molecule has 2 N–H and O–H groups in total. The highest BCUT2D eigenvalue weighted by Crippen LogP contribution is 2.31. The second-order valence-electron chi connectivity index (χ2n) is 8.48. The monoisotopic (exact) mass is 512 g/mol. The number of piperazine rings is 1. The number of ether oxygens (including phenoxy) is 3. The molecule has 0 atom stereocenters. The minimum absolute atomic E-state index is 0.000855. The highest BCUT2D eigenvalue weighted by Gasteiger charge is 2.24. The molecular weight excluding hydrogens is 476 g/mol. The largest absolute Gasteiger partial charge is 0.495 e. The van der Waals surface area contributed by atoms with Gasteiger partial charge in [-0.05, 0) is 37.3 Å². The summed E-state index contributed by atoms with van der Waals surface area (Å²) in [4.78, 5) is 41.4. The number of carbonyl (C=O) groups excluding carboxylic acids is 3. The van der Waals surface area contributed by atoms with Crippen LogP contribution in [0.15, 0.2) is 42.5 Å². The van der Waals surface area contributed by atoms with Gasteiger partial charge in [-0.1, -0.05) is 12.1 Å². The van der Waals surface area contributed by atoms with E-state index in [9.17, 15) is 14.4 Å². The molecule has 200 valence electrons. The van der Waals surface area contributed by atoms with E-state index in [0.29, 0.717) is 37.5 Å². The lowest BCUT2D eigenvalue weighted by atomic mass is 10.1. The first-order chi connectivity index (χ1) is 18.0. The van der Waals surface area contributed by atoms with Crippen molar-refractivity contribution in [1.82, 2.24) is 5.32 Å². The number of rotatable bonds is 12. The molecule has 10 nitrogen and oxygen atoms in total. The van der Waals surface area contributed by atoms with Crippen LogP contribution in [0.5, 0.6) is 5.75 Å². The number of methoxy groups -OCH3 is 2. The third kappa shape index (κ3) is 7.85. The Labute approximate surface area is 217 Å². The van der Waals surface area contributed by atoms with Crippen molar-refractivity contribution in [3.63, 3.8) is 0 Å². The van der Waals surface area contributed by atoms with Gasteiger partial charge in [-0.2, -0.15) is 0 Å². The van der Waals surface area contributed by atoms with E-state index in [1.165, 1.54) is 0 Å². The number of anilines is 3. The molecule has 0 aromatic heterocycles. The van der Waals surface area contributed by atoms with Crippen molar-refractivity contribution >= 4 is 34.8 Å². The Bertz CT molecular complexity index is 1070. The van der Waals surface area contributed by atoms with Crippen molar-refractivity contribution in [3.8, 4) is 5.75 Å². The molecule has 2 amide bonds. The summed E-state index contributed by atoms with van der Waals surface area (Å²) in [6.07, 6.45) is -0.000539. The van der Waals surface area contributed by atoms with E-state index in [-0.39, 0.29) is 31.3 Å². The van der Waals surface area contributed by atoms with Gasteiger partial charge in [-0.3, -0.25) is 14.4 Å². The molecule has 37 heavy (non-hydrogen) atoms. The zero-order valence-corrected chi connectivity index (χ0v) is 21.7. The number of benzene rings is 2. The van der Waals surface area contributed by atoms with Gasteiger partial charge in [0.1, 0.15) is 5.75 Å². The van der Waals surface area contributed by atoms with Crippen LogP contribution in [0.25, 0.3) is 0 Å². The van der Waals surface area contributed by atoms with Crippen LogP contribution in [-0.4, -0.2) is 77.9 Å². The number of para-hydroxylation sites is 2. The molecule has 0 saturated carbocycles. The molecule has 2 aromatic rings. The molecule has 0 radical (unpaired) electrons.